The predicted molar refractivity (Wildman–Crippen MR) is 96.0 cm³/mol. The van der Waals surface area contributed by atoms with Crippen molar-refractivity contribution in [1.82, 2.24) is 5.32 Å². The fourth-order valence-electron chi connectivity index (χ4n) is 3.48. The van der Waals surface area contributed by atoms with Gasteiger partial charge in [0.1, 0.15) is 5.82 Å². The van der Waals surface area contributed by atoms with Crippen LogP contribution in [-0.2, 0) is 6.42 Å². The highest BCUT2D eigenvalue weighted by atomic mass is 19.1. The van der Waals surface area contributed by atoms with E-state index in [2.05, 4.69) is 10.6 Å². The van der Waals surface area contributed by atoms with Crippen LogP contribution in [0.15, 0.2) is 42.5 Å². The number of nitrogens with one attached hydrogen (secondary N) is 2. The number of carbonyl (C=O) groups excluding carboxylic acids is 1. The average Bonchev–Trinajstić information content (AvgIpc) is 3.22. The number of benzene rings is 2. The number of ether oxygens (including phenoxy) is 2. The Bertz CT molecular complexity index is 818. The molecule has 1 fully saturated rings. The largest absolute Gasteiger partial charge is 0.448 e. The Kier molecular flexibility index (Phi) is 4.41. The zero-order valence-corrected chi connectivity index (χ0v) is 14.4. The van der Waals surface area contributed by atoms with Crippen molar-refractivity contribution in [3.63, 3.8) is 0 Å². The number of fused-ring (bicyclic) bond motifs is 1. The minimum Gasteiger partial charge on any atom is -0.448 e. The third-order valence-corrected chi connectivity index (χ3v) is 4.80. The van der Waals surface area contributed by atoms with E-state index in [9.17, 15) is 9.18 Å². The zero-order valence-electron chi connectivity index (χ0n) is 14.4. The molecular weight excluding hydrogens is 335 g/mol. The highest BCUT2D eigenvalue weighted by Crippen LogP contribution is 2.47. The molecule has 136 valence electrons. The number of amides is 2. The number of carbonyl (C=O) groups is 1. The molecule has 5 nitrogen and oxygen atoms in total. The average molecular weight is 356 g/mol. The van der Waals surface area contributed by atoms with Crippen LogP contribution in [0.4, 0.5) is 14.9 Å². The van der Waals surface area contributed by atoms with Gasteiger partial charge in [-0.05, 0) is 43.0 Å². The highest BCUT2D eigenvalue weighted by molar-refractivity contribution is 5.89. The summed E-state index contributed by atoms with van der Waals surface area (Å²) in [6.07, 6.45) is 4.42. The second-order valence-corrected chi connectivity index (χ2v) is 6.71. The van der Waals surface area contributed by atoms with Crippen molar-refractivity contribution in [2.24, 2.45) is 0 Å². The van der Waals surface area contributed by atoms with Crippen LogP contribution in [0.3, 0.4) is 0 Å². The van der Waals surface area contributed by atoms with Gasteiger partial charge in [0.2, 0.25) is 0 Å². The third-order valence-electron chi connectivity index (χ3n) is 4.80. The normalized spacial score (nSPS) is 16.7. The molecule has 1 aliphatic heterocycles. The van der Waals surface area contributed by atoms with Crippen LogP contribution in [-0.4, -0.2) is 18.4 Å². The molecule has 2 aliphatic rings. The van der Waals surface area contributed by atoms with Crippen LogP contribution < -0.4 is 20.1 Å². The van der Waals surface area contributed by atoms with Gasteiger partial charge < -0.3 is 20.1 Å². The van der Waals surface area contributed by atoms with E-state index in [1.54, 1.807) is 30.3 Å². The summed E-state index contributed by atoms with van der Waals surface area (Å²) in [6.45, 7) is 0.348. The van der Waals surface area contributed by atoms with E-state index < -0.39 is 5.79 Å². The summed E-state index contributed by atoms with van der Waals surface area (Å²) in [4.78, 5) is 12.0. The van der Waals surface area contributed by atoms with Crippen LogP contribution >= 0.6 is 0 Å². The maximum atomic E-state index is 13.6. The molecule has 2 aromatic carbocycles. The van der Waals surface area contributed by atoms with Crippen LogP contribution in [0.1, 0.15) is 31.2 Å². The van der Waals surface area contributed by atoms with Crippen LogP contribution in [0.2, 0.25) is 0 Å². The lowest BCUT2D eigenvalue weighted by molar-refractivity contribution is -0.0716. The highest BCUT2D eigenvalue weighted by Gasteiger charge is 2.44. The first kappa shape index (κ1) is 16.7. The molecule has 0 saturated heterocycles. The molecule has 0 radical (unpaired) electrons. The summed E-state index contributed by atoms with van der Waals surface area (Å²) in [7, 11) is 0. The van der Waals surface area contributed by atoms with Crippen LogP contribution in [0.25, 0.3) is 0 Å². The van der Waals surface area contributed by atoms with Gasteiger partial charge in [0.05, 0.1) is 0 Å². The fourth-order valence-corrected chi connectivity index (χ4v) is 3.48. The van der Waals surface area contributed by atoms with E-state index in [1.807, 2.05) is 6.07 Å². The second-order valence-electron chi connectivity index (χ2n) is 6.71. The minimum atomic E-state index is -0.511. The Labute approximate surface area is 151 Å². The topological polar surface area (TPSA) is 59.6 Å². The quantitative estimate of drug-likeness (QED) is 0.862. The Morgan fingerprint density at radius 2 is 1.85 bits per heavy atom. The molecule has 2 N–H and O–H groups in total. The Balaban J connectivity index is 1.31. The van der Waals surface area contributed by atoms with Crippen LogP contribution in [0, 0.1) is 5.82 Å². The summed E-state index contributed by atoms with van der Waals surface area (Å²) in [6, 6.07) is 11.6. The summed E-state index contributed by atoms with van der Waals surface area (Å²) < 4.78 is 25.5. The van der Waals surface area contributed by atoms with Crippen LogP contribution in [0.5, 0.6) is 11.5 Å². The summed E-state index contributed by atoms with van der Waals surface area (Å²) >= 11 is 0. The van der Waals surface area contributed by atoms with E-state index in [4.69, 9.17) is 9.47 Å². The lowest BCUT2D eigenvalue weighted by Gasteiger charge is -2.21. The number of anilines is 1. The molecular formula is C20H21FN2O3. The maximum absolute atomic E-state index is 13.6. The van der Waals surface area contributed by atoms with E-state index >= 15 is 0 Å². The monoisotopic (exact) mass is 356 g/mol. The van der Waals surface area contributed by atoms with Crippen molar-refractivity contribution in [2.45, 2.75) is 37.9 Å². The third kappa shape index (κ3) is 3.45. The van der Waals surface area contributed by atoms with E-state index in [-0.39, 0.29) is 11.8 Å². The van der Waals surface area contributed by atoms with Gasteiger partial charge in [-0.15, -0.1) is 0 Å². The first-order chi connectivity index (χ1) is 12.6. The summed E-state index contributed by atoms with van der Waals surface area (Å²) in [5.74, 6) is 0.614. The lowest BCUT2D eigenvalue weighted by atomic mass is 10.1. The van der Waals surface area contributed by atoms with E-state index in [0.29, 0.717) is 30.0 Å². The lowest BCUT2D eigenvalue weighted by Crippen LogP contribution is -2.34. The van der Waals surface area contributed by atoms with Crippen molar-refractivity contribution < 1.29 is 18.7 Å². The second kappa shape index (κ2) is 6.86. The van der Waals surface area contributed by atoms with Crippen molar-refractivity contribution in [3.8, 4) is 11.5 Å². The Morgan fingerprint density at radius 3 is 2.65 bits per heavy atom. The molecule has 0 atom stereocenters. The molecule has 0 aromatic heterocycles. The Hall–Kier alpha value is -2.76. The molecule has 0 bridgehead atoms. The molecule has 1 heterocycles. The number of rotatable bonds is 4. The van der Waals surface area contributed by atoms with Gasteiger partial charge in [-0.2, -0.15) is 0 Å². The van der Waals surface area contributed by atoms with Crippen molar-refractivity contribution in [1.29, 1.82) is 0 Å². The zero-order chi connectivity index (χ0) is 18.0. The van der Waals surface area contributed by atoms with Gasteiger partial charge in [-0.1, -0.05) is 18.2 Å². The smallest absolute Gasteiger partial charge is 0.319 e. The molecule has 2 amide bonds. The molecule has 1 spiro atoms. The minimum absolute atomic E-state index is 0.258. The molecule has 1 aliphatic carbocycles. The van der Waals surface area contributed by atoms with E-state index in [0.717, 1.165) is 31.4 Å². The molecule has 26 heavy (non-hydrogen) atoms. The maximum Gasteiger partial charge on any atom is 0.319 e. The molecule has 4 rings (SSSR count). The van der Waals surface area contributed by atoms with E-state index in [1.165, 1.54) is 6.07 Å². The standard InChI is InChI=1S/C20H21FN2O3/c21-16-6-2-1-5-14(16)9-12-22-19(24)23-15-7-8-17-18(13-15)26-20(25-17)10-3-4-11-20/h1-2,5-8,13H,3-4,9-12H2,(H2,22,23,24). The number of hydrogen-bond acceptors (Lipinski definition) is 3. The Morgan fingerprint density at radius 1 is 1.08 bits per heavy atom. The van der Waals surface area contributed by atoms with Gasteiger partial charge in [0.25, 0.3) is 5.79 Å². The first-order valence-corrected chi connectivity index (χ1v) is 8.94. The molecule has 1 saturated carbocycles. The molecule has 2 aromatic rings. The van der Waals surface area contributed by atoms with Gasteiger partial charge in [-0.25, -0.2) is 9.18 Å². The van der Waals surface area contributed by atoms with Crippen molar-refractivity contribution in [3.05, 3.63) is 53.8 Å². The van der Waals surface area contributed by atoms with Gasteiger partial charge >= 0.3 is 6.03 Å². The SMILES string of the molecule is O=C(NCCc1ccccc1F)Nc1ccc2c(c1)OC1(CCCC1)O2. The van der Waals surface area contributed by atoms with Gasteiger partial charge in [-0.3, -0.25) is 0 Å². The van der Waals surface area contributed by atoms with Gasteiger partial charge in [0, 0.05) is 31.1 Å². The molecule has 0 unspecified atom stereocenters. The number of halogens is 1. The molecule has 6 heteroatoms. The number of urea groups is 1. The van der Waals surface area contributed by atoms with Crippen molar-refractivity contribution >= 4 is 11.7 Å². The first-order valence-electron chi connectivity index (χ1n) is 8.94. The summed E-state index contributed by atoms with van der Waals surface area (Å²) in [5, 5.41) is 5.51. The number of hydrogen-bond donors (Lipinski definition) is 2. The van der Waals surface area contributed by atoms with Crippen molar-refractivity contribution in [2.75, 3.05) is 11.9 Å². The fraction of sp³-hybridized carbons (Fsp3) is 0.350. The van der Waals surface area contributed by atoms with Gasteiger partial charge in [0.15, 0.2) is 11.5 Å². The summed E-state index contributed by atoms with van der Waals surface area (Å²) in [5.41, 5.74) is 1.21. The predicted octanol–water partition coefficient (Wildman–Crippen LogP) is 4.23.